The lowest BCUT2D eigenvalue weighted by atomic mass is 10.2. The fraction of sp³-hybridized carbons (Fsp3) is 0.269. The van der Waals surface area contributed by atoms with Crippen LogP contribution in [0.5, 0.6) is 5.75 Å². The van der Waals surface area contributed by atoms with Gasteiger partial charge in [-0.25, -0.2) is 0 Å². The van der Waals surface area contributed by atoms with E-state index in [1.54, 1.807) is 24.3 Å². The Morgan fingerprint density at radius 3 is 1.83 bits per heavy atom. The molecule has 9 heteroatoms. The number of ether oxygens (including phenoxy) is 2. The molecule has 0 unspecified atom stereocenters. The summed E-state index contributed by atoms with van der Waals surface area (Å²) in [6, 6.07) is 22.4. The summed E-state index contributed by atoms with van der Waals surface area (Å²) in [5.41, 5.74) is 4.12. The second-order valence-corrected chi connectivity index (χ2v) is 8.72. The lowest BCUT2D eigenvalue weighted by Crippen LogP contribution is -2.17. The van der Waals surface area contributed by atoms with Crippen LogP contribution in [-0.2, 0) is 9.53 Å². The van der Waals surface area contributed by atoms with Gasteiger partial charge in [-0.15, -0.1) is 11.8 Å². The van der Waals surface area contributed by atoms with Crippen molar-refractivity contribution in [3.63, 3.8) is 0 Å². The van der Waals surface area contributed by atoms with Crippen LogP contribution in [0.2, 0.25) is 0 Å². The normalized spacial score (nSPS) is 13.7. The third-order valence-electron chi connectivity index (χ3n) is 5.10. The van der Waals surface area contributed by atoms with E-state index in [9.17, 15) is 4.79 Å². The number of anilines is 1. The molecular weight excluding hydrogens is 462 g/mol. The van der Waals surface area contributed by atoms with Gasteiger partial charge < -0.3 is 14.4 Å². The Bertz CT molecular complexity index is 1140. The molecule has 0 aromatic heterocycles. The number of hydrogen-bond donors (Lipinski definition) is 0. The molecule has 1 fully saturated rings. The number of azo groups is 2. The van der Waals surface area contributed by atoms with Gasteiger partial charge >= 0.3 is 5.97 Å². The van der Waals surface area contributed by atoms with Crippen molar-refractivity contribution < 1.29 is 14.3 Å². The van der Waals surface area contributed by atoms with Crippen LogP contribution in [0, 0.1) is 0 Å². The molecule has 0 bridgehead atoms. The number of benzene rings is 3. The average Bonchev–Trinajstić information content (AvgIpc) is 3.43. The lowest BCUT2D eigenvalue weighted by Gasteiger charge is -2.16. The predicted molar refractivity (Wildman–Crippen MR) is 139 cm³/mol. The molecule has 1 aliphatic rings. The van der Waals surface area contributed by atoms with Crippen molar-refractivity contribution in [2.24, 2.45) is 20.5 Å². The Labute approximate surface area is 209 Å². The number of thioether (sulfide) groups is 1. The van der Waals surface area contributed by atoms with Gasteiger partial charge in [0.25, 0.3) is 0 Å². The Kier molecular flexibility index (Phi) is 8.97. The van der Waals surface area contributed by atoms with Crippen molar-refractivity contribution >= 4 is 46.2 Å². The van der Waals surface area contributed by atoms with Crippen molar-refractivity contribution in [1.29, 1.82) is 0 Å². The maximum Gasteiger partial charge on any atom is 0.313 e. The molecule has 0 N–H and O–H groups in total. The van der Waals surface area contributed by atoms with Crippen LogP contribution in [0.1, 0.15) is 13.3 Å². The summed E-state index contributed by atoms with van der Waals surface area (Å²) < 4.78 is 10.4. The van der Waals surface area contributed by atoms with Gasteiger partial charge in [-0.2, -0.15) is 20.5 Å². The lowest BCUT2D eigenvalue weighted by molar-refractivity contribution is -0.135. The van der Waals surface area contributed by atoms with E-state index in [1.165, 1.54) is 11.4 Å². The van der Waals surface area contributed by atoms with Crippen molar-refractivity contribution in [3.05, 3.63) is 72.8 Å². The summed E-state index contributed by atoms with van der Waals surface area (Å²) in [6.45, 7) is 3.90. The van der Waals surface area contributed by atoms with E-state index in [4.69, 9.17) is 9.47 Å². The van der Waals surface area contributed by atoms with E-state index in [2.05, 4.69) is 37.5 Å². The van der Waals surface area contributed by atoms with Crippen LogP contribution in [0.3, 0.4) is 0 Å². The van der Waals surface area contributed by atoms with Gasteiger partial charge in [0, 0.05) is 24.6 Å². The minimum atomic E-state index is -0.330. The van der Waals surface area contributed by atoms with Gasteiger partial charge in [0.15, 0.2) is 0 Å². The van der Waals surface area contributed by atoms with Crippen LogP contribution in [0.25, 0.3) is 0 Å². The molecule has 35 heavy (non-hydrogen) atoms. The Balaban J connectivity index is 1.27. The van der Waals surface area contributed by atoms with Crippen LogP contribution >= 0.6 is 11.8 Å². The van der Waals surface area contributed by atoms with Crippen molar-refractivity contribution in [3.8, 4) is 5.75 Å². The van der Waals surface area contributed by atoms with E-state index in [0.29, 0.717) is 30.3 Å². The van der Waals surface area contributed by atoms with E-state index < -0.39 is 0 Å². The van der Waals surface area contributed by atoms with Gasteiger partial charge in [0.05, 0.1) is 41.7 Å². The maximum absolute atomic E-state index is 11.7. The highest BCUT2D eigenvalue weighted by molar-refractivity contribution is 7.99. The monoisotopic (exact) mass is 489 g/mol. The van der Waals surface area contributed by atoms with E-state index in [-0.39, 0.29) is 12.4 Å². The van der Waals surface area contributed by atoms with Gasteiger partial charge in [-0.1, -0.05) is 0 Å². The van der Waals surface area contributed by atoms with Crippen LogP contribution in [0.4, 0.5) is 28.4 Å². The Hall–Kier alpha value is -3.56. The zero-order valence-electron chi connectivity index (χ0n) is 19.5. The van der Waals surface area contributed by atoms with Gasteiger partial charge in [0.2, 0.25) is 0 Å². The smallest absolute Gasteiger partial charge is 0.313 e. The fourth-order valence-electron chi connectivity index (χ4n) is 3.23. The molecular formula is C26H27N5O3S. The molecule has 4 rings (SSSR count). The molecule has 0 radical (unpaired) electrons. The zero-order valence-corrected chi connectivity index (χ0v) is 20.4. The first-order valence-corrected chi connectivity index (χ1v) is 12.6. The number of nitrogens with zero attached hydrogens (tertiary/aromatic N) is 5. The average molecular weight is 490 g/mol. The molecule has 0 amide bonds. The first-order chi connectivity index (χ1) is 17.2. The third-order valence-corrected chi connectivity index (χ3v) is 6.07. The number of rotatable bonds is 10. The molecule has 8 nitrogen and oxygen atoms in total. The molecule has 0 spiro atoms. The zero-order chi connectivity index (χ0) is 24.3. The van der Waals surface area contributed by atoms with Crippen molar-refractivity contribution in [1.82, 2.24) is 0 Å². The predicted octanol–water partition coefficient (Wildman–Crippen LogP) is 7.36. The van der Waals surface area contributed by atoms with Crippen molar-refractivity contribution in [2.75, 3.05) is 36.3 Å². The molecule has 180 valence electrons. The van der Waals surface area contributed by atoms with Gasteiger partial charge in [-0.3, -0.25) is 4.79 Å². The highest BCUT2D eigenvalue weighted by Gasteiger charge is 2.12. The molecule has 1 aliphatic heterocycles. The van der Waals surface area contributed by atoms with Crippen LogP contribution in [-0.4, -0.2) is 37.4 Å². The third kappa shape index (κ3) is 7.73. The summed E-state index contributed by atoms with van der Waals surface area (Å²) >= 11 is 1.95. The molecule has 1 saturated heterocycles. The molecule has 1 heterocycles. The van der Waals surface area contributed by atoms with Gasteiger partial charge in [0.1, 0.15) is 5.75 Å². The second-order valence-electron chi connectivity index (χ2n) is 7.65. The van der Waals surface area contributed by atoms with Crippen LogP contribution in [0.15, 0.2) is 93.3 Å². The quantitative estimate of drug-likeness (QED) is 0.128. The topological polar surface area (TPSA) is 88.2 Å². The van der Waals surface area contributed by atoms with E-state index in [0.717, 1.165) is 23.8 Å². The minimum absolute atomic E-state index is 0.217. The standard InChI is InChI=1S/C26H27N5O3S/c1-2-33-17-15-26(32)34-25-13-9-23(10-14-25)30-28-21-5-3-20(4-6-21)27-29-22-7-11-24(12-8-22)31-16-18-35-19-31/h3-14H,2,15-19H2,1H3. The van der Waals surface area contributed by atoms with Crippen LogP contribution < -0.4 is 9.64 Å². The molecule has 3 aromatic carbocycles. The summed E-state index contributed by atoms with van der Waals surface area (Å²) in [4.78, 5) is 14.1. The summed E-state index contributed by atoms with van der Waals surface area (Å²) in [7, 11) is 0. The summed E-state index contributed by atoms with van der Waals surface area (Å²) in [6.07, 6.45) is 0.217. The summed E-state index contributed by atoms with van der Waals surface area (Å²) in [5, 5.41) is 17.1. The Morgan fingerprint density at radius 1 is 0.829 bits per heavy atom. The number of hydrogen-bond acceptors (Lipinski definition) is 9. The van der Waals surface area contributed by atoms with E-state index in [1.807, 2.05) is 55.1 Å². The molecule has 0 atom stereocenters. The number of carbonyl (C=O) groups excluding carboxylic acids is 1. The van der Waals surface area contributed by atoms with Gasteiger partial charge in [-0.05, 0) is 79.7 Å². The Morgan fingerprint density at radius 2 is 1.34 bits per heavy atom. The molecule has 0 aliphatic carbocycles. The second kappa shape index (κ2) is 12.8. The van der Waals surface area contributed by atoms with E-state index >= 15 is 0 Å². The first-order valence-electron chi connectivity index (χ1n) is 11.4. The highest BCUT2D eigenvalue weighted by Crippen LogP contribution is 2.27. The fourth-order valence-corrected chi connectivity index (χ4v) is 4.20. The van der Waals surface area contributed by atoms with Crippen molar-refractivity contribution in [2.45, 2.75) is 13.3 Å². The molecule has 0 saturated carbocycles. The number of carbonyl (C=O) groups is 1. The highest BCUT2D eigenvalue weighted by atomic mass is 32.2. The first kappa shape index (κ1) is 24.6. The number of esters is 1. The SMILES string of the molecule is CCOCCC(=O)Oc1ccc(N=Nc2ccc(N=Nc3ccc(N4CCSC4)cc3)cc2)cc1. The summed E-state index contributed by atoms with van der Waals surface area (Å²) in [5.74, 6) is 2.35. The largest absolute Gasteiger partial charge is 0.426 e. The molecule has 3 aromatic rings. The maximum atomic E-state index is 11.7. The minimum Gasteiger partial charge on any atom is -0.426 e.